The number of ketones is 2. The fraction of sp³-hybridized carbons (Fsp3) is 0.378. The van der Waals surface area contributed by atoms with Crippen LogP contribution in [0.5, 0.6) is 11.6 Å². The molecule has 4 atom stereocenters. The lowest BCUT2D eigenvalue weighted by Gasteiger charge is -2.53. The Morgan fingerprint density at radius 2 is 1.74 bits per heavy atom. The van der Waals surface area contributed by atoms with Crippen LogP contribution in [0.3, 0.4) is 0 Å². The van der Waals surface area contributed by atoms with E-state index in [9.17, 15) is 5.11 Å². The van der Waals surface area contributed by atoms with Gasteiger partial charge in [0.05, 0.1) is 18.7 Å². The van der Waals surface area contributed by atoms with Crippen LogP contribution >= 0.6 is 0 Å². The van der Waals surface area contributed by atoms with Crippen LogP contribution in [0.15, 0.2) is 70.8 Å². The van der Waals surface area contributed by atoms with E-state index in [1.807, 2.05) is 73.8 Å². The molecule has 0 radical (unpaired) electrons. The molecule has 0 saturated heterocycles. The van der Waals surface area contributed by atoms with E-state index in [0.717, 1.165) is 21.9 Å². The van der Waals surface area contributed by atoms with Crippen molar-refractivity contribution >= 4 is 36.4 Å². The minimum atomic E-state index is -2.83. The third-order valence-electron chi connectivity index (χ3n) is 10.7. The van der Waals surface area contributed by atoms with Gasteiger partial charge in [0.25, 0.3) is 5.88 Å². The molecule has 0 bridgehead atoms. The summed E-state index contributed by atoms with van der Waals surface area (Å²) in [6, 6.07) is 18.4. The molecule has 1 unspecified atom stereocenters. The van der Waals surface area contributed by atoms with Crippen molar-refractivity contribution in [3.05, 3.63) is 94.3 Å². The third kappa shape index (κ3) is 4.60. The molecule has 3 N–H and O–H groups in total. The molecule has 47 heavy (non-hydrogen) atoms. The number of Topliss-reactive ketones (excluding diaryl/α,β-unsaturated/α-hetero) is 2. The summed E-state index contributed by atoms with van der Waals surface area (Å²) in [5, 5.41) is 17.6. The number of methoxy groups -OCH3 is 1. The van der Waals surface area contributed by atoms with Gasteiger partial charge in [-0.05, 0) is 58.6 Å². The van der Waals surface area contributed by atoms with Crippen LogP contribution in [0.25, 0.3) is 16.5 Å². The zero-order valence-corrected chi connectivity index (χ0v) is 28.5. The summed E-state index contributed by atoms with van der Waals surface area (Å²) in [6.07, 6.45) is 0.783. The van der Waals surface area contributed by atoms with Crippen molar-refractivity contribution in [2.24, 2.45) is 17.6 Å². The SMILES string of the molecule is COc1c2c(cc3ccccc13)C[C@H]1C[C@H]3[C@H](N)c4onc(OCc5ccccc5)c4C(=O)C3(O[Si](C)(C)C(C)(C)C)C(=O)C1=C2O. The molecule has 0 aliphatic heterocycles. The van der Waals surface area contributed by atoms with Crippen LogP contribution < -0.4 is 15.2 Å². The number of benzene rings is 3. The van der Waals surface area contributed by atoms with E-state index in [-0.39, 0.29) is 40.2 Å². The van der Waals surface area contributed by atoms with Gasteiger partial charge in [-0.2, -0.15) is 0 Å². The zero-order valence-electron chi connectivity index (χ0n) is 27.5. The highest BCUT2D eigenvalue weighted by Gasteiger charge is 2.68. The number of rotatable bonds is 6. The Labute approximate surface area is 274 Å². The van der Waals surface area contributed by atoms with Gasteiger partial charge in [-0.1, -0.05) is 81.4 Å². The van der Waals surface area contributed by atoms with E-state index < -0.39 is 43.4 Å². The molecule has 3 aromatic carbocycles. The number of fused-ring (bicyclic) bond motifs is 5. The molecule has 0 amide bonds. The third-order valence-corrected chi connectivity index (χ3v) is 15.2. The van der Waals surface area contributed by atoms with Gasteiger partial charge in [-0.25, -0.2) is 0 Å². The van der Waals surface area contributed by atoms with E-state index >= 15 is 9.59 Å². The van der Waals surface area contributed by atoms with Crippen LogP contribution in [0, 0.1) is 11.8 Å². The number of nitrogens with two attached hydrogens (primary N) is 1. The van der Waals surface area contributed by atoms with Crippen molar-refractivity contribution in [3.63, 3.8) is 0 Å². The van der Waals surface area contributed by atoms with Gasteiger partial charge >= 0.3 is 0 Å². The Kier molecular flexibility index (Phi) is 7.27. The van der Waals surface area contributed by atoms with Crippen molar-refractivity contribution in [1.29, 1.82) is 0 Å². The minimum absolute atomic E-state index is 0.0232. The smallest absolute Gasteiger partial charge is 0.265 e. The van der Waals surface area contributed by atoms with E-state index in [2.05, 4.69) is 25.9 Å². The lowest BCUT2D eigenvalue weighted by atomic mass is 9.57. The summed E-state index contributed by atoms with van der Waals surface area (Å²) in [5.41, 5.74) is 7.37. The number of hydrogen-bond acceptors (Lipinski definition) is 9. The molecule has 3 aliphatic carbocycles. The van der Waals surface area contributed by atoms with E-state index in [1.165, 1.54) is 0 Å². The summed E-state index contributed by atoms with van der Waals surface area (Å²) in [4.78, 5) is 30.3. The number of aliphatic hydroxyl groups is 1. The molecule has 10 heteroatoms. The Morgan fingerprint density at radius 3 is 2.45 bits per heavy atom. The van der Waals surface area contributed by atoms with Crippen LogP contribution in [-0.2, 0) is 22.2 Å². The molecule has 1 heterocycles. The molecule has 9 nitrogen and oxygen atoms in total. The average Bonchev–Trinajstić information content (AvgIpc) is 3.47. The number of aliphatic hydroxyl groups excluding tert-OH is 1. The summed E-state index contributed by atoms with van der Waals surface area (Å²) in [6.45, 7) is 10.3. The summed E-state index contributed by atoms with van der Waals surface area (Å²) in [7, 11) is -1.28. The van der Waals surface area contributed by atoms with Gasteiger partial charge in [0.2, 0.25) is 11.6 Å². The Bertz CT molecular complexity index is 1960. The number of aromatic nitrogens is 1. The first-order chi connectivity index (χ1) is 22.3. The molecule has 4 aromatic rings. The molecule has 0 spiro atoms. The first kappa shape index (κ1) is 31.4. The fourth-order valence-electron chi connectivity index (χ4n) is 7.34. The second kappa shape index (κ2) is 10.9. The van der Waals surface area contributed by atoms with Gasteiger partial charge in [-0.15, -0.1) is 0 Å². The maximum Gasteiger partial charge on any atom is 0.265 e. The second-order valence-corrected chi connectivity index (χ2v) is 19.2. The largest absolute Gasteiger partial charge is 0.507 e. The van der Waals surface area contributed by atoms with Crippen molar-refractivity contribution in [2.45, 2.75) is 70.0 Å². The van der Waals surface area contributed by atoms with Gasteiger partial charge in [-0.3, -0.25) is 9.59 Å². The van der Waals surface area contributed by atoms with E-state index in [4.69, 9.17) is 24.2 Å². The molecule has 3 aliphatic rings. The minimum Gasteiger partial charge on any atom is -0.507 e. The summed E-state index contributed by atoms with van der Waals surface area (Å²) >= 11 is 0. The maximum absolute atomic E-state index is 15.3. The van der Waals surface area contributed by atoms with Crippen LogP contribution in [0.1, 0.15) is 66.0 Å². The molecular formula is C37H40N2O7Si. The number of carbonyl (C=O) groups excluding carboxylic acids is 2. The molecule has 7 rings (SSSR count). The highest BCUT2D eigenvalue weighted by atomic mass is 28.4. The number of hydrogen-bond donors (Lipinski definition) is 2. The van der Waals surface area contributed by atoms with E-state index in [0.29, 0.717) is 24.2 Å². The van der Waals surface area contributed by atoms with Gasteiger partial charge < -0.3 is 29.3 Å². The summed E-state index contributed by atoms with van der Waals surface area (Å²) < 4.78 is 24.7. The maximum atomic E-state index is 15.3. The standard InChI is InChI=1S/C37H40N2O7Si/c1-36(2,3)47(5,6)46-37-25(29(38)32-28(34(37)42)35(39-45-32)44-19-20-12-8-7-9-13-20)18-23-17-22-16-21-14-10-11-15-24(21)31(43-4)26(22)30(40)27(23)33(37)41/h7-16,23,25,29,40H,17-19,38H2,1-6H3/t23-,25-,29-,37?/m0/s1. The van der Waals surface area contributed by atoms with Crippen molar-refractivity contribution in [2.75, 3.05) is 7.11 Å². The average molecular weight is 653 g/mol. The second-order valence-electron chi connectivity index (χ2n) is 14.5. The predicted molar refractivity (Wildman–Crippen MR) is 180 cm³/mol. The zero-order chi connectivity index (χ0) is 33.5. The lowest BCUT2D eigenvalue weighted by Crippen LogP contribution is -2.68. The Balaban J connectivity index is 1.41. The topological polar surface area (TPSA) is 134 Å². The quantitative estimate of drug-likeness (QED) is 0.165. The van der Waals surface area contributed by atoms with Gasteiger partial charge in [0, 0.05) is 16.9 Å². The molecule has 1 fully saturated rings. The molecule has 1 saturated carbocycles. The van der Waals surface area contributed by atoms with Gasteiger partial charge in [0.1, 0.15) is 23.7 Å². The van der Waals surface area contributed by atoms with Crippen molar-refractivity contribution in [1.82, 2.24) is 5.16 Å². The van der Waals surface area contributed by atoms with Gasteiger partial charge in [0.15, 0.2) is 19.7 Å². The molecule has 244 valence electrons. The number of carbonyl (C=O) groups is 2. The van der Waals surface area contributed by atoms with Crippen LogP contribution in [-0.4, -0.2) is 42.9 Å². The molecule has 1 aromatic heterocycles. The summed E-state index contributed by atoms with van der Waals surface area (Å²) in [5.74, 6) is -1.86. The van der Waals surface area contributed by atoms with E-state index in [1.54, 1.807) is 7.11 Å². The van der Waals surface area contributed by atoms with Crippen molar-refractivity contribution in [3.8, 4) is 11.6 Å². The highest BCUT2D eigenvalue weighted by Crippen LogP contribution is 2.58. The van der Waals surface area contributed by atoms with Crippen molar-refractivity contribution < 1.29 is 33.1 Å². The number of nitrogens with zero attached hydrogens (tertiary/aromatic N) is 1. The number of ether oxygens (including phenoxy) is 2. The highest BCUT2D eigenvalue weighted by molar-refractivity contribution is 6.74. The Hall–Kier alpha value is -4.25. The fourth-order valence-corrected chi connectivity index (χ4v) is 8.79. The van der Waals surface area contributed by atoms with Crippen LogP contribution in [0.4, 0.5) is 0 Å². The normalized spacial score (nSPS) is 24.0. The monoisotopic (exact) mass is 652 g/mol. The van der Waals surface area contributed by atoms with Crippen LogP contribution in [0.2, 0.25) is 18.1 Å². The first-order valence-electron chi connectivity index (χ1n) is 16.0. The predicted octanol–water partition coefficient (Wildman–Crippen LogP) is 7.10. The Morgan fingerprint density at radius 1 is 1.04 bits per heavy atom. The molecular weight excluding hydrogens is 613 g/mol. The first-order valence-corrected chi connectivity index (χ1v) is 18.9. The lowest BCUT2D eigenvalue weighted by molar-refractivity contribution is -0.138.